The van der Waals surface area contributed by atoms with Gasteiger partial charge in [0.25, 0.3) is 5.69 Å². The number of likely N-dealkylation sites (N-methyl/N-ethyl adjacent to an activating group) is 1. The molecule has 0 saturated carbocycles. The van der Waals surface area contributed by atoms with Gasteiger partial charge in [-0.25, -0.2) is 0 Å². The SMILES string of the molecule is CC[N+](C)(CC)C(C)CNc1cc(N(C)C)c([N+](=O)[O-])cc1C. The maximum absolute atomic E-state index is 11.2. The second-order valence-electron chi connectivity index (χ2n) is 6.65. The number of aryl methyl sites for hydroxylation is 1. The van der Waals surface area contributed by atoms with E-state index in [1.54, 1.807) is 11.0 Å². The molecule has 0 heterocycles. The molecule has 0 bridgehead atoms. The van der Waals surface area contributed by atoms with Gasteiger partial charge >= 0.3 is 0 Å². The molecule has 1 aromatic carbocycles. The third-order valence-corrected chi connectivity index (χ3v) is 5.10. The van der Waals surface area contributed by atoms with Crippen molar-refractivity contribution in [1.82, 2.24) is 0 Å². The number of hydrogen-bond donors (Lipinski definition) is 1. The summed E-state index contributed by atoms with van der Waals surface area (Å²) in [6.07, 6.45) is 0. The number of nitro groups is 1. The Morgan fingerprint density at radius 1 is 1.30 bits per heavy atom. The van der Waals surface area contributed by atoms with Crippen LogP contribution in [0.5, 0.6) is 0 Å². The standard InChI is InChI=1S/C17H31N4O2/c1-8-21(7,9-2)14(4)12-18-15-11-16(19(5)6)17(20(22)23)10-13(15)3/h10-11,14,18H,8-9,12H2,1-7H3/q+1. The summed E-state index contributed by atoms with van der Waals surface area (Å²) in [6.45, 7) is 11.6. The van der Waals surface area contributed by atoms with Crippen molar-refractivity contribution in [3.05, 3.63) is 27.8 Å². The largest absolute Gasteiger partial charge is 0.379 e. The van der Waals surface area contributed by atoms with Crippen LogP contribution in [0.15, 0.2) is 12.1 Å². The molecule has 0 aromatic heterocycles. The summed E-state index contributed by atoms with van der Waals surface area (Å²) in [5.41, 5.74) is 2.63. The second-order valence-corrected chi connectivity index (χ2v) is 6.65. The molecule has 1 aromatic rings. The summed E-state index contributed by atoms with van der Waals surface area (Å²) in [5.74, 6) is 0. The van der Waals surface area contributed by atoms with Crippen LogP contribution in [0.3, 0.4) is 0 Å². The van der Waals surface area contributed by atoms with E-state index in [-0.39, 0.29) is 10.6 Å². The summed E-state index contributed by atoms with van der Waals surface area (Å²) in [7, 11) is 5.92. The first-order valence-corrected chi connectivity index (χ1v) is 8.20. The Bertz CT molecular complexity index is 554. The van der Waals surface area contributed by atoms with Crippen LogP contribution in [0, 0.1) is 17.0 Å². The van der Waals surface area contributed by atoms with Gasteiger partial charge < -0.3 is 14.7 Å². The minimum absolute atomic E-state index is 0.147. The van der Waals surface area contributed by atoms with Crippen molar-refractivity contribution >= 4 is 17.1 Å². The molecule has 1 N–H and O–H groups in total. The highest BCUT2D eigenvalue weighted by Crippen LogP contribution is 2.32. The molecule has 0 saturated heterocycles. The number of benzene rings is 1. The fraction of sp³-hybridized carbons (Fsp3) is 0.647. The fourth-order valence-electron chi connectivity index (χ4n) is 2.70. The number of nitrogens with one attached hydrogen (secondary N) is 1. The first-order valence-electron chi connectivity index (χ1n) is 8.20. The molecular weight excluding hydrogens is 292 g/mol. The van der Waals surface area contributed by atoms with Gasteiger partial charge in [0, 0.05) is 25.8 Å². The molecule has 1 unspecified atom stereocenters. The predicted molar refractivity (Wildman–Crippen MR) is 97.4 cm³/mol. The van der Waals surface area contributed by atoms with E-state index in [0.29, 0.717) is 11.7 Å². The van der Waals surface area contributed by atoms with Crippen LogP contribution in [-0.2, 0) is 0 Å². The smallest absolute Gasteiger partial charge is 0.292 e. The van der Waals surface area contributed by atoms with Gasteiger partial charge in [-0.2, -0.15) is 0 Å². The number of quaternary nitrogens is 1. The first kappa shape index (κ1) is 19.2. The van der Waals surface area contributed by atoms with Crippen molar-refractivity contribution in [3.8, 4) is 0 Å². The van der Waals surface area contributed by atoms with E-state index in [0.717, 1.165) is 35.4 Å². The minimum Gasteiger partial charge on any atom is -0.379 e. The summed E-state index contributed by atoms with van der Waals surface area (Å²) < 4.78 is 1.000. The van der Waals surface area contributed by atoms with E-state index in [1.807, 2.05) is 27.1 Å². The lowest BCUT2D eigenvalue weighted by atomic mass is 10.1. The molecule has 130 valence electrons. The minimum atomic E-state index is -0.323. The lowest BCUT2D eigenvalue weighted by Gasteiger charge is -2.38. The quantitative estimate of drug-likeness (QED) is 0.453. The molecule has 1 atom stereocenters. The molecule has 0 fully saturated rings. The fourth-order valence-corrected chi connectivity index (χ4v) is 2.70. The zero-order valence-corrected chi connectivity index (χ0v) is 15.5. The first-order chi connectivity index (χ1) is 10.7. The lowest BCUT2D eigenvalue weighted by Crippen LogP contribution is -2.53. The maximum atomic E-state index is 11.2. The number of nitro benzene ring substituents is 1. The Kier molecular flexibility index (Phi) is 6.38. The third-order valence-electron chi connectivity index (χ3n) is 5.10. The molecule has 6 nitrogen and oxygen atoms in total. The van der Waals surface area contributed by atoms with Crippen LogP contribution >= 0.6 is 0 Å². The van der Waals surface area contributed by atoms with Gasteiger partial charge in [0.2, 0.25) is 0 Å². The molecule has 0 amide bonds. The summed E-state index contributed by atoms with van der Waals surface area (Å²) in [4.78, 5) is 12.7. The van der Waals surface area contributed by atoms with Crippen molar-refractivity contribution in [3.63, 3.8) is 0 Å². The molecule has 0 spiro atoms. The topological polar surface area (TPSA) is 58.4 Å². The highest BCUT2D eigenvalue weighted by molar-refractivity contribution is 5.72. The number of nitrogens with zero attached hydrogens (tertiary/aromatic N) is 3. The Morgan fingerprint density at radius 2 is 1.87 bits per heavy atom. The predicted octanol–water partition coefficient (Wildman–Crippen LogP) is 3.26. The molecule has 0 aliphatic rings. The van der Waals surface area contributed by atoms with E-state index in [2.05, 4.69) is 33.1 Å². The average Bonchev–Trinajstić information content (AvgIpc) is 2.51. The zero-order valence-electron chi connectivity index (χ0n) is 15.5. The van der Waals surface area contributed by atoms with E-state index in [4.69, 9.17) is 0 Å². The van der Waals surface area contributed by atoms with Crippen LogP contribution < -0.4 is 10.2 Å². The van der Waals surface area contributed by atoms with Gasteiger partial charge in [0.05, 0.1) is 31.6 Å². The molecular formula is C17H31N4O2+. The average molecular weight is 323 g/mol. The van der Waals surface area contributed by atoms with Gasteiger partial charge in [-0.3, -0.25) is 10.1 Å². The van der Waals surface area contributed by atoms with Crippen LogP contribution in [0.4, 0.5) is 17.1 Å². The van der Waals surface area contributed by atoms with E-state index < -0.39 is 0 Å². The summed E-state index contributed by atoms with van der Waals surface area (Å²) in [6, 6.07) is 3.99. The molecule has 23 heavy (non-hydrogen) atoms. The van der Waals surface area contributed by atoms with Crippen LogP contribution in [0.2, 0.25) is 0 Å². The molecule has 0 aliphatic heterocycles. The molecule has 0 aliphatic carbocycles. The van der Waals surface area contributed by atoms with Gasteiger partial charge in [0.15, 0.2) is 0 Å². The van der Waals surface area contributed by atoms with Crippen LogP contribution in [0.25, 0.3) is 0 Å². The Labute approximate surface area is 139 Å². The van der Waals surface area contributed by atoms with Crippen LogP contribution in [0.1, 0.15) is 26.3 Å². The summed E-state index contributed by atoms with van der Waals surface area (Å²) in [5, 5.41) is 14.7. The third kappa shape index (κ3) is 4.34. The van der Waals surface area contributed by atoms with Gasteiger partial charge in [-0.05, 0) is 39.3 Å². The Morgan fingerprint density at radius 3 is 2.30 bits per heavy atom. The van der Waals surface area contributed by atoms with Crippen molar-refractivity contribution in [2.24, 2.45) is 0 Å². The maximum Gasteiger partial charge on any atom is 0.292 e. The van der Waals surface area contributed by atoms with Crippen molar-refractivity contribution in [2.75, 3.05) is 51.0 Å². The van der Waals surface area contributed by atoms with E-state index in [9.17, 15) is 10.1 Å². The highest BCUT2D eigenvalue weighted by atomic mass is 16.6. The van der Waals surface area contributed by atoms with Gasteiger partial charge in [0.1, 0.15) is 11.7 Å². The Balaban J connectivity index is 3.02. The number of hydrogen-bond acceptors (Lipinski definition) is 4. The van der Waals surface area contributed by atoms with Gasteiger partial charge in [-0.15, -0.1) is 0 Å². The van der Waals surface area contributed by atoms with Crippen LogP contribution in [-0.4, -0.2) is 56.2 Å². The summed E-state index contributed by atoms with van der Waals surface area (Å²) >= 11 is 0. The van der Waals surface area contributed by atoms with E-state index in [1.165, 1.54) is 0 Å². The highest BCUT2D eigenvalue weighted by Gasteiger charge is 2.25. The Hall–Kier alpha value is -1.82. The molecule has 1 rings (SSSR count). The lowest BCUT2D eigenvalue weighted by molar-refractivity contribution is -0.926. The molecule has 0 radical (unpaired) electrons. The van der Waals surface area contributed by atoms with Crippen molar-refractivity contribution in [1.29, 1.82) is 0 Å². The molecule has 6 heteroatoms. The van der Waals surface area contributed by atoms with Crippen molar-refractivity contribution in [2.45, 2.75) is 33.7 Å². The van der Waals surface area contributed by atoms with Gasteiger partial charge in [-0.1, -0.05) is 0 Å². The normalized spacial score (nSPS) is 12.8. The number of anilines is 2. The van der Waals surface area contributed by atoms with Crippen molar-refractivity contribution < 1.29 is 9.41 Å². The zero-order chi connectivity index (χ0) is 17.8. The number of rotatable bonds is 8. The monoisotopic (exact) mass is 323 g/mol. The van der Waals surface area contributed by atoms with E-state index >= 15 is 0 Å². The second kappa shape index (κ2) is 7.64.